The quantitative estimate of drug-likeness (QED) is 0.167. The lowest BCUT2D eigenvalue weighted by Gasteiger charge is -2.27. The zero-order chi connectivity index (χ0) is 25.9. The summed E-state index contributed by atoms with van der Waals surface area (Å²) in [5.74, 6) is 0.333. The second-order valence-corrected chi connectivity index (χ2v) is 12.6. The molecule has 0 aliphatic carbocycles. The Labute approximate surface area is 227 Å². The Morgan fingerprint density at radius 2 is 1.81 bits per heavy atom. The molecule has 0 amide bonds. The molecule has 1 heterocycles. The fraction of sp³-hybridized carbons (Fsp3) is 0.250. The number of benzene rings is 3. The van der Waals surface area contributed by atoms with Crippen LogP contribution in [0.2, 0.25) is 0 Å². The third-order valence-corrected chi connectivity index (χ3v) is 7.92. The molecule has 1 aromatic heterocycles. The Kier molecular flexibility index (Phi) is 8.29. The molecule has 0 aliphatic rings. The van der Waals surface area contributed by atoms with Crippen LogP contribution in [0.25, 0.3) is 11.0 Å². The van der Waals surface area contributed by atoms with Gasteiger partial charge in [0.05, 0.1) is 9.99 Å². The fourth-order valence-electron chi connectivity index (χ4n) is 3.75. The summed E-state index contributed by atoms with van der Waals surface area (Å²) < 4.78 is 29.0. The van der Waals surface area contributed by atoms with Crippen LogP contribution in [0.4, 0.5) is 0 Å². The van der Waals surface area contributed by atoms with Crippen LogP contribution in [-0.2, 0) is 29.2 Å². The third kappa shape index (κ3) is 6.42. The average Bonchev–Trinajstić information content (AvgIpc) is 3.26. The number of rotatable bonds is 9. The van der Waals surface area contributed by atoms with Crippen molar-refractivity contribution in [2.45, 2.75) is 44.6 Å². The number of nitrogens with one attached hydrogen (secondary N) is 1. The average molecular weight is 618 g/mol. The lowest BCUT2D eigenvalue weighted by Crippen LogP contribution is -2.41. The topological polar surface area (TPSA) is 94.8 Å². The van der Waals surface area contributed by atoms with E-state index < -0.39 is 22.1 Å². The first-order chi connectivity index (χ1) is 17.1. The first-order valence-electron chi connectivity index (χ1n) is 11.5. The molecule has 0 aliphatic heterocycles. The lowest BCUT2D eigenvalue weighted by molar-refractivity contribution is -0.136. The Morgan fingerprint density at radius 3 is 2.50 bits per heavy atom. The Morgan fingerprint density at radius 1 is 1.11 bits per heavy atom. The molecule has 0 radical (unpaired) electrons. The number of hydrogen-bond donors (Lipinski definition) is 2. The van der Waals surface area contributed by atoms with Gasteiger partial charge in [-0.2, -0.15) is 0 Å². The first kappa shape index (κ1) is 26.5. The summed E-state index contributed by atoms with van der Waals surface area (Å²) in [6.45, 7) is 6.08. The number of hydrogen-bond acceptors (Lipinski definition) is 5. The minimum atomic E-state index is -1.30. The van der Waals surface area contributed by atoms with E-state index in [0.717, 1.165) is 25.7 Å². The number of halogens is 1. The maximum atomic E-state index is 13.0. The van der Waals surface area contributed by atoms with Gasteiger partial charge in [0.15, 0.2) is 0 Å². The standard InChI is InChI=1S/C28H28INO5S/c1-28(2,3)36(33)30-26(19-9-5-4-6-10-19)24-15-21-13-18(14-22(29)27(21)35-24)17-34-23-12-8-7-11-20(23)16-25(31)32/h4-15,26,30H,16-17H2,1-3H3,(H,31,32). The number of ether oxygens (including phenoxy) is 1. The molecule has 4 rings (SSSR count). The second-order valence-electron chi connectivity index (χ2n) is 9.45. The van der Waals surface area contributed by atoms with E-state index in [1.165, 1.54) is 0 Å². The zero-order valence-corrected chi connectivity index (χ0v) is 23.3. The van der Waals surface area contributed by atoms with Crippen LogP contribution in [0.5, 0.6) is 5.75 Å². The van der Waals surface area contributed by atoms with E-state index in [4.69, 9.17) is 14.3 Å². The lowest BCUT2D eigenvalue weighted by atomic mass is 10.1. The SMILES string of the molecule is CC(C)(C)[S+]([O-])NC(c1ccccc1)c1cc2cc(COc3ccccc3CC(=O)O)cc(I)c2o1. The molecule has 3 aromatic carbocycles. The molecule has 4 aromatic rings. The summed E-state index contributed by atoms with van der Waals surface area (Å²) in [4.78, 5) is 11.2. The van der Waals surface area contributed by atoms with Crippen LogP contribution in [0, 0.1) is 3.57 Å². The van der Waals surface area contributed by atoms with Crippen molar-refractivity contribution in [2.24, 2.45) is 0 Å². The van der Waals surface area contributed by atoms with E-state index in [-0.39, 0.29) is 19.1 Å². The number of fused-ring (bicyclic) bond motifs is 1. The van der Waals surface area contributed by atoms with Crippen molar-refractivity contribution in [3.8, 4) is 5.75 Å². The molecule has 0 fully saturated rings. The summed E-state index contributed by atoms with van der Waals surface area (Å²) in [6, 6.07) is 22.6. The highest BCUT2D eigenvalue weighted by Gasteiger charge is 2.32. The van der Waals surface area contributed by atoms with E-state index in [1.54, 1.807) is 18.2 Å². The van der Waals surface area contributed by atoms with Gasteiger partial charge in [-0.3, -0.25) is 4.79 Å². The smallest absolute Gasteiger partial charge is 0.307 e. The number of para-hydroxylation sites is 1. The maximum absolute atomic E-state index is 13.0. The van der Waals surface area contributed by atoms with Gasteiger partial charge in [-0.15, -0.1) is 4.72 Å². The van der Waals surface area contributed by atoms with Crippen LogP contribution >= 0.6 is 22.6 Å². The number of carboxylic acid groups (broad SMARTS) is 1. The summed E-state index contributed by atoms with van der Waals surface area (Å²) in [6.07, 6.45) is -0.0956. The van der Waals surface area contributed by atoms with Crippen LogP contribution in [0.3, 0.4) is 0 Å². The minimum Gasteiger partial charge on any atom is -0.598 e. The zero-order valence-electron chi connectivity index (χ0n) is 20.3. The molecule has 0 spiro atoms. The van der Waals surface area contributed by atoms with Gasteiger partial charge >= 0.3 is 5.97 Å². The van der Waals surface area contributed by atoms with Crippen LogP contribution in [0.15, 0.2) is 77.2 Å². The van der Waals surface area contributed by atoms with Crippen LogP contribution < -0.4 is 9.46 Å². The molecule has 6 nitrogen and oxygen atoms in total. The van der Waals surface area contributed by atoms with Gasteiger partial charge in [-0.25, -0.2) is 0 Å². The molecule has 188 valence electrons. The normalized spacial score (nSPS) is 13.5. The molecule has 0 saturated carbocycles. The van der Waals surface area contributed by atoms with Gasteiger partial charge in [-0.05, 0) is 78.8 Å². The number of carbonyl (C=O) groups is 1. The monoisotopic (exact) mass is 617 g/mol. The van der Waals surface area contributed by atoms with Crippen molar-refractivity contribution < 1.29 is 23.6 Å². The number of carboxylic acids is 1. The minimum absolute atomic E-state index is 0.0956. The van der Waals surface area contributed by atoms with E-state index in [0.29, 0.717) is 17.1 Å². The fourth-order valence-corrected chi connectivity index (χ4v) is 5.39. The Balaban J connectivity index is 1.63. The molecule has 8 heteroatoms. The van der Waals surface area contributed by atoms with Crippen molar-refractivity contribution in [3.63, 3.8) is 0 Å². The molecule has 2 unspecified atom stereocenters. The predicted octanol–water partition coefficient (Wildman–Crippen LogP) is 6.38. The largest absolute Gasteiger partial charge is 0.598 e. The highest BCUT2D eigenvalue weighted by Crippen LogP contribution is 2.33. The summed E-state index contributed by atoms with van der Waals surface area (Å²) >= 11 is 0.939. The second kappa shape index (κ2) is 11.2. The van der Waals surface area contributed by atoms with Gasteiger partial charge in [0.2, 0.25) is 0 Å². The summed E-state index contributed by atoms with van der Waals surface area (Å²) in [5, 5.41) is 10.1. The number of furan rings is 1. The Hall–Kier alpha value is -2.53. The summed E-state index contributed by atoms with van der Waals surface area (Å²) in [5.41, 5.74) is 3.29. The van der Waals surface area contributed by atoms with E-state index in [9.17, 15) is 9.35 Å². The number of aliphatic carboxylic acids is 1. The highest BCUT2D eigenvalue weighted by atomic mass is 127. The van der Waals surface area contributed by atoms with E-state index >= 15 is 0 Å². The van der Waals surface area contributed by atoms with Crippen molar-refractivity contribution in [2.75, 3.05) is 0 Å². The molecular weight excluding hydrogens is 589 g/mol. The summed E-state index contributed by atoms with van der Waals surface area (Å²) in [7, 11) is 0. The van der Waals surface area contributed by atoms with Gasteiger partial charge < -0.3 is 18.8 Å². The molecule has 0 saturated heterocycles. The van der Waals surface area contributed by atoms with Crippen LogP contribution in [0.1, 0.15) is 49.3 Å². The molecule has 2 N–H and O–H groups in total. The van der Waals surface area contributed by atoms with Crippen molar-refractivity contribution in [1.82, 2.24) is 4.72 Å². The van der Waals surface area contributed by atoms with Crippen LogP contribution in [-0.4, -0.2) is 20.4 Å². The first-order valence-corrected chi connectivity index (χ1v) is 13.7. The van der Waals surface area contributed by atoms with Gasteiger partial charge in [0.25, 0.3) is 0 Å². The van der Waals surface area contributed by atoms with Crippen molar-refractivity contribution in [1.29, 1.82) is 0 Å². The van der Waals surface area contributed by atoms with Gasteiger partial charge in [0, 0.05) is 22.3 Å². The predicted molar refractivity (Wildman–Crippen MR) is 150 cm³/mol. The van der Waals surface area contributed by atoms with E-state index in [1.807, 2.05) is 75.4 Å². The van der Waals surface area contributed by atoms with Crippen molar-refractivity contribution >= 4 is 50.9 Å². The molecule has 36 heavy (non-hydrogen) atoms. The Bertz CT molecular complexity index is 1350. The molecule has 2 atom stereocenters. The third-order valence-electron chi connectivity index (χ3n) is 5.56. The van der Waals surface area contributed by atoms with Crippen molar-refractivity contribution in [3.05, 3.63) is 98.8 Å². The van der Waals surface area contributed by atoms with Gasteiger partial charge in [0.1, 0.15) is 34.5 Å². The van der Waals surface area contributed by atoms with E-state index in [2.05, 4.69) is 27.3 Å². The highest BCUT2D eigenvalue weighted by molar-refractivity contribution is 14.1. The maximum Gasteiger partial charge on any atom is 0.307 e. The molecule has 0 bridgehead atoms. The van der Waals surface area contributed by atoms with Gasteiger partial charge in [-0.1, -0.05) is 48.5 Å². The molecular formula is C28H28INO5S.